The Morgan fingerprint density at radius 2 is 1.59 bits per heavy atom. The van der Waals surface area contributed by atoms with Gasteiger partial charge in [-0.1, -0.05) is 0 Å². The van der Waals surface area contributed by atoms with E-state index in [0.29, 0.717) is 6.42 Å². The van der Waals surface area contributed by atoms with Crippen LogP contribution in [-0.4, -0.2) is 56.5 Å². The molecular formula is C9H19N3O16P4. The number of hydrogen-bond donors (Lipinski definition) is 8. The summed E-state index contributed by atoms with van der Waals surface area (Å²) in [6.45, 7) is -0.586. The van der Waals surface area contributed by atoms with E-state index in [1.165, 1.54) is 12.3 Å². The molecule has 1 aromatic rings. The van der Waals surface area contributed by atoms with Crippen molar-refractivity contribution >= 4 is 37.1 Å². The maximum atomic E-state index is 11.7. The number of nitrogen functional groups attached to an aromatic ring is 1. The van der Waals surface area contributed by atoms with Crippen LogP contribution in [-0.2, 0) is 36.1 Å². The van der Waals surface area contributed by atoms with E-state index in [0.717, 1.165) is 4.57 Å². The van der Waals surface area contributed by atoms with Gasteiger partial charge in [0, 0.05) is 6.20 Å². The molecule has 32 heavy (non-hydrogen) atoms. The summed E-state index contributed by atoms with van der Waals surface area (Å²) in [6, 6.07) is 1.38. The summed E-state index contributed by atoms with van der Waals surface area (Å²) in [7, 11) is -20.9. The number of anilines is 1. The van der Waals surface area contributed by atoms with Crippen LogP contribution in [0.1, 0.15) is 19.1 Å². The summed E-state index contributed by atoms with van der Waals surface area (Å²) in [5, 5.41) is 0. The summed E-state index contributed by atoms with van der Waals surface area (Å²) in [5.41, 5.74) is 4.72. The molecular weight excluding hydrogens is 530 g/mol. The van der Waals surface area contributed by atoms with Crippen LogP contribution in [0.15, 0.2) is 17.1 Å². The first kappa shape index (κ1) is 29.2. The quantitative estimate of drug-likeness (QED) is 0.179. The molecule has 186 valence electrons. The second-order valence-electron chi connectivity index (χ2n) is 5.73. The number of aromatic nitrogens is 2. The van der Waals surface area contributed by atoms with Crippen LogP contribution in [0, 0.1) is 0 Å². The maximum absolute atomic E-state index is 11.7. The fraction of sp³-hybridized carbons (Fsp3) is 0.556. The Morgan fingerprint density at radius 1 is 1.03 bits per heavy atom. The first-order valence-corrected chi connectivity index (χ1v) is 13.9. The van der Waals surface area contributed by atoms with Gasteiger partial charge in [0.2, 0.25) is 0 Å². The van der Waals surface area contributed by atoms with Crippen molar-refractivity contribution in [2.24, 2.45) is 0 Å². The van der Waals surface area contributed by atoms with Gasteiger partial charge in [-0.2, -0.15) is 13.6 Å². The summed E-state index contributed by atoms with van der Waals surface area (Å²) in [6.07, 6.45) is 0.456. The Bertz CT molecular complexity index is 1020. The average molecular weight is 549 g/mol. The maximum Gasteiger partial charge on any atom is 0.490 e. The first-order valence-electron chi connectivity index (χ1n) is 7.83. The Morgan fingerprint density at radius 3 is 2.09 bits per heavy atom. The normalized spacial score (nSPS) is 23.0. The van der Waals surface area contributed by atoms with Crippen LogP contribution in [0.3, 0.4) is 0 Å². The lowest BCUT2D eigenvalue weighted by Gasteiger charge is -2.18. The van der Waals surface area contributed by atoms with Crippen LogP contribution in [0.5, 0.6) is 0 Å². The van der Waals surface area contributed by atoms with Gasteiger partial charge < -0.3 is 44.7 Å². The molecule has 19 nitrogen and oxygen atoms in total. The summed E-state index contributed by atoms with van der Waals surface area (Å²) in [5.74, 6) is 0.0263. The van der Waals surface area contributed by atoms with E-state index < -0.39 is 55.9 Å². The molecule has 1 saturated heterocycles. The van der Waals surface area contributed by atoms with Crippen molar-refractivity contribution < 1.29 is 70.4 Å². The van der Waals surface area contributed by atoms with E-state index in [4.69, 9.17) is 44.4 Å². The molecule has 2 heterocycles. The van der Waals surface area contributed by atoms with Crippen LogP contribution < -0.4 is 11.4 Å². The third-order valence-electron chi connectivity index (χ3n) is 3.09. The molecule has 2 rings (SSSR count). The molecule has 23 heteroatoms. The molecule has 0 amide bonds. The van der Waals surface area contributed by atoms with Gasteiger partial charge in [-0.15, -0.1) is 0 Å². The van der Waals surface area contributed by atoms with Gasteiger partial charge in [-0.25, -0.2) is 23.1 Å². The standard InChI is InChI=1S/C9H16N3O12P3.H3O4P/c10-7-3-4-12(9(13)11-7)8-2-1-6(22-8)5-21-26(17,18)24-27(19,20)23-25(14,15)16;1-5(2,3)4/h3-4,6,8H,1-2,5H2,(H,17,18)(H,19,20)(H2,10,11,13)(H2,14,15,16);(H3,1,2,3,4)/t6-,8+;/m0./s1. The topological polar surface area (TPSA) is 308 Å². The lowest BCUT2D eigenvalue weighted by Crippen LogP contribution is -2.27. The Balaban J connectivity index is 0.000000920. The zero-order valence-corrected chi connectivity index (χ0v) is 19.1. The molecule has 1 aliphatic rings. The van der Waals surface area contributed by atoms with E-state index in [1.54, 1.807) is 0 Å². The van der Waals surface area contributed by atoms with Gasteiger partial charge in [-0.3, -0.25) is 9.09 Å². The molecule has 0 bridgehead atoms. The highest BCUT2D eigenvalue weighted by Crippen LogP contribution is 2.66. The van der Waals surface area contributed by atoms with Gasteiger partial charge in [0.05, 0.1) is 12.7 Å². The highest BCUT2D eigenvalue weighted by molar-refractivity contribution is 7.66. The predicted molar refractivity (Wildman–Crippen MR) is 100 cm³/mol. The van der Waals surface area contributed by atoms with E-state index in [-0.39, 0.29) is 12.2 Å². The third kappa shape index (κ3) is 12.4. The van der Waals surface area contributed by atoms with Gasteiger partial charge >= 0.3 is 37.0 Å². The average Bonchev–Trinajstić information content (AvgIpc) is 2.96. The number of hydrogen-bond acceptors (Lipinski definition) is 11. The molecule has 0 aliphatic carbocycles. The Hall–Kier alpha value is -0.840. The minimum absolute atomic E-state index is 0.0263. The van der Waals surface area contributed by atoms with Gasteiger partial charge in [0.25, 0.3) is 0 Å². The minimum Gasteiger partial charge on any atom is -0.383 e. The third-order valence-corrected chi connectivity index (χ3v) is 6.89. The van der Waals surface area contributed by atoms with Gasteiger partial charge in [0.15, 0.2) is 0 Å². The lowest BCUT2D eigenvalue weighted by molar-refractivity contribution is -0.0242. The molecule has 0 aromatic carbocycles. The Labute approximate surface area is 178 Å². The highest BCUT2D eigenvalue weighted by atomic mass is 31.3. The number of ether oxygens (including phenoxy) is 1. The molecule has 1 aromatic heterocycles. The van der Waals surface area contributed by atoms with Crippen LogP contribution in [0.25, 0.3) is 0 Å². The van der Waals surface area contributed by atoms with Crippen molar-refractivity contribution in [1.29, 1.82) is 0 Å². The smallest absolute Gasteiger partial charge is 0.383 e. The zero-order chi connectivity index (χ0) is 25.0. The number of nitrogens with two attached hydrogens (primary N) is 1. The van der Waals surface area contributed by atoms with Crippen LogP contribution >= 0.6 is 31.3 Å². The van der Waals surface area contributed by atoms with Gasteiger partial charge in [-0.05, 0) is 18.9 Å². The molecule has 0 radical (unpaired) electrons. The van der Waals surface area contributed by atoms with Crippen molar-refractivity contribution in [2.75, 3.05) is 12.3 Å². The van der Waals surface area contributed by atoms with Crippen molar-refractivity contribution in [1.82, 2.24) is 9.55 Å². The Kier molecular flexibility index (Phi) is 10.1. The number of phosphoric acid groups is 4. The molecule has 9 N–H and O–H groups in total. The van der Waals surface area contributed by atoms with Crippen molar-refractivity contribution in [3.05, 3.63) is 22.7 Å². The fourth-order valence-electron chi connectivity index (χ4n) is 2.14. The molecule has 1 fully saturated rings. The van der Waals surface area contributed by atoms with E-state index in [9.17, 15) is 23.4 Å². The molecule has 1 aliphatic heterocycles. The van der Waals surface area contributed by atoms with Gasteiger partial charge in [0.1, 0.15) is 12.0 Å². The lowest BCUT2D eigenvalue weighted by atomic mass is 10.2. The van der Waals surface area contributed by atoms with Crippen molar-refractivity contribution in [2.45, 2.75) is 25.2 Å². The highest BCUT2D eigenvalue weighted by Gasteiger charge is 2.41. The SMILES string of the molecule is Nc1ccn([C@H]2CC[C@@H](COP(=O)(O)OP(=O)(O)OP(=O)(O)O)O2)c(=O)n1.O=P(O)(O)O. The first-order chi connectivity index (χ1) is 14.3. The summed E-state index contributed by atoms with van der Waals surface area (Å²) in [4.78, 5) is 72.1. The number of nitrogens with zero attached hydrogens (tertiary/aromatic N) is 2. The summed E-state index contributed by atoms with van der Waals surface area (Å²) >= 11 is 0. The fourth-order valence-corrected chi connectivity index (χ4v) is 5.19. The summed E-state index contributed by atoms with van der Waals surface area (Å²) < 4.78 is 60.5. The van der Waals surface area contributed by atoms with Crippen molar-refractivity contribution in [3.63, 3.8) is 0 Å². The minimum atomic E-state index is -5.58. The van der Waals surface area contributed by atoms with E-state index >= 15 is 0 Å². The van der Waals surface area contributed by atoms with Crippen molar-refractivity contribution in [3.8, 4) is 0 Å². The molecule has 0 spiro atoms. The second kappa shape index (κ2) is 11.1. The molecule has 2 unspecified atom stereocenters. The zero-order valence-electron chi connectivity index (χ0n) is 15.5. The monoisotopic (exact) mass is 549 g/mol. The molecule has 4 atom stereocenters. The van der Waals surface area contributed by atoms with E-state index in [1.807, 2.05) is 0 Å². The van der Waals surface area contributed by atoms with E-state index in [2.05, 4.69) is 18.1 Å². The van der Waals surface area contributed by atoms with Crippen LogP contribution in [0.4, 0.5) is 5.82 Å². The van der Waals surface area contributed by atoms with Crippen LogP contribution in [0.2, 0.25) is 0 Å². The predicted octanol–water partition coefficient (Wildman–Crippen LogP) is -1.08. The largest absolute Gasteiger partial charge is 0.490 e. The number of phosphoric ester groups is 1. The second-order valence-corrected chi connectivity index (χ2v) is 11.2. The molecule has 0 saturated carbocycles. The number of rotatable bonds is 8.